The van der Waals surface area contributed by atoms with E-state index in [4.69, 9.17) is 9.84 Å². The van der Waals surface area contributed by atoms with Crippen LogP contribution in [0, 0.1) is 6.92 Å². The summed E-state index contributed by atoms with van der Waals surface area (Å²) in [6, 6.07) is 16.5. The Bertz CT molecular complexity index is 1300. The molecule has 0 saturated carbocycles. The molecule has 0 unspecified atom stereocenters. The molecule has 1 aromatic heterocycles. The van der Waals surface area contributed by atoms with E-state index in [-0.39, 0.29) is 15.9 Å². The highest BCUT2D eigenvalue weighted by Gasteiger charge is 2.29. The van der Waals surface area contributed by atoms with E-state index in [9.17, 15) is 13.2 Å². The zero-order valence-corrected chi connectivity index (χ0v) is 21.4. The van der Waals surface area contributed by atoms with E-state index >= 15 is 0 Å². The predicted molar refractivity (Wildman–Crippen MR) is 135 cm³/mol. The number of carbonyl (C=O) groups is 1. The Balaban J connectivity index is 1.63. The highest BCUT2D eigenvalue weighted by molar-refractivity contribution is 7.89. The fourth-order valence-corrected chi connectivity index (χ4v) is 5.55. The standard InChI is InChI=1S/C26H32N4O4S/c1-19-10-11-21(16-22(19)35(32,33)29-12-14-34-15-13-29)25(31)27-24-17-23(26(2,3)4)28-30(24)18-20-8-6-5-7-9-20/h5-11,16-17H,12-15,18H2,1-4H3,(H,27,31). The zero-order valence-electron chi connectivity index (χ0n) is 20.6. The lowest BCUT2D eigenvalue weighted by molar-refractivity contribution is 0.0730. The van der Waals surface area contributed by atoms with E-state index in [0.29, 0.717) is 44.2 Å². The number of ether oxygens (including phenoxy) is 1. The third-order valence-electron chi connectivity index (χ3n) is 6.00. The maximum absolute atomic E-state index is 13.3. The molecule has 2 aromatic carbocycles. The Morgan fingerprint density at radius 3 is 2.40 bits per heavy atom. The summed E-state index contributed by atoms with van der Waals surface area (Å²) in [6.07, 6.45) is 0. The molecule has 3 aromatic rings. The molecule has 186 valence electrons. The van der Waals surface area contributed by atoms with Crippen molar-refractivity contribution in [2.75, 3.05) is 31.6 Å². The van der Waals surface area contributed by atoms with Crippen molar-refractivity contribution >= 4 is 21.7 Å². The van der Waals surface area contributed by atoms with Gasteiger partial charge >= 0.3 is 0 Å². The summed E-state index contributed by atoms with van der Waals surface area (Å²) < 4.78 is 34.9. The largest absolute Gasteiger partial charge is 0.379 e. The van der Waals surface area contributed by atoms with Gasteiger partial charge in [-0.3, -0.25) is 4.79 Å². The van der Waals surface area contributed by atoms with Crippen LogP contribution in [0.5, 0.6) is 0 Å². The lowest BCUT2D eigenvalue weighted by Crippen LogP contribution is -2.40. The maximum Gasteiger partial charge on any atom is 0.256 e. The van der Waals surface area contributed by atoms with Gasteiger partial charge in [0.05, 0.1) is 30.3 Å². The normalized spacial score (nSPS) is 15.2. The van der Waals surface area contributed by atoms with Crippen LogP contribution in [-0.4, -0.2) is 54.7 Å². The molecule has 8 nitrogen and oxygen atoms in total. The molecule has 1 fully saturated rings. The molecule has 1 aliphatic heterocycles. The van der Waals surface area contributed by atoms with Crippen LogP contribution >= 0.6 is 0 Å². The van der Waals surface area contributed by atoms with Gasteiger partial charge in [0.2, 0.25) is 10.0 Å². The Hall–Kier alpha value is -3.01. The number of nitrogens with zero attached hydrogens (tertiary/aromatic N) is 3. The number of hydrogen-bond acceptors (Lipinski definition) is 5. The van der Waals surface area contributed by atoms with Crippen LogP contribution in [0.3, 0.4) is 0 Å². The number of nitrogens with one attached hydrogen (secondary N) is 1. The van der Waals surface area contributed by atoms with Crippen LogP contribution in [0.2, 0.25) is 0 Å². The molecule has 2 heterocycles. The Morgan fingerprint density at radius 2 is 1.74 bits per heavy atom. The minimum Gasteiger partial charge on any atom is -0.379 e. The first kappa shape index (κ1) is 25.1. The molecule has 4 rings (SSSR count). The molecule has 1 aliphatic rings. The molecular weight excluding hydrogens is 464 g/mol. The van der Waals surface area contributed by atoms with Crippen molar-refractivity contribution in [2.45, 2.75) is 44.6 Å². The Morgan fingerprint density at radius 1 is 1.06 bits per heavy atom. The van der Waals surface area contributed by atoms with Gasteiger partial charge in [-0.15, -0.1) is 0 Å². The molecule has 35 heavy (non-hydrogen) atoms. The molecule has 0 radical (unpaired) electrons. The number of aryl methyl sites for hydroxylation is 1. The summed E-state index contributed by atoms with van der Waals surface area (Å²) in [5.41, 5.74) is 2.57. The highest BCUT2D eigenvalue weighted by atomic mass is 32.2. The average molecular weight is 497 g/mol. The number of aromatic nitrogens is 2. The monoisotopic (exact) mass is 496 g/mol. The van der Waals surface area contributed by atoms with Gasteiger partial charge in [0.25, 0.3) is 5.91 Å². The number of benzene rings is 2. The van der Waals surface area contributed by atoms with Gasteiger partial charge < -0.3 is 10.1 Å². The zero-order chi connectivity index (χ0) is 25.2. The average Bonchev–Trinajstić information content (AvgIpc) is 3.23. The van der Waals surface area contributed by atoms with Crippen molar-refractivity contribution in [1.29, 1.82) is 0 Å². The summed E-state index contributed by atoms with van der Waals surface area (Å²) in [7, 11) is -3.73. The number of amides is 1. The minimum absolute atomic E-state index is 0.139. The van der Waals surface area contributed by atoms with Gasteiger partial charge in [-0.05, 0) is 30.2 Å². The fourth-order valence-electron chi connectivity index (χ4n) is 3.89. The summed E-state index contributed by atoms with van der Waals surface area (Å²) >= 11 is 0. The van der Waals surface area contributed by atoms with E-state index in [2.05, 4.69) is 26.1 Å². The number of anilines is 1. The topological polar surface area (TPSA) is 93.5 Å². The van der Waals surface area contributed by atoms with Gasteiger partial charge in [-0.25, -0.2) is 13.1 Å². The molecule has 1 saturated heterocycles. The lowest BCUT2D eigenvalue weighted by atomic mass is 9.92. The second kappa shape index (κ2) is 9.93. The maximum atomic E-state index is 13.3. The first-order valence-electron chi connectivity index (χ1n) is 11.7. The number of rotatable bonds is 6. The van der Waals surface area contributed by atoms with Gasteiger partial charge in [0.1, 0.15) is 5.82 Å². The molecule has 1 N–H and O–H groups in total. The van der Waals surface area contributed by atoms with E-state index in [1.807, 2.05) is 36.4 Å². The third kappa shape index (κ3) is 5.63. The van der Waals surface area contributed by atoms with E-state index in [1.165, 1.54) is 10.4 Å². The molecule has 0 aliphatic carbocycles. The summed E-state index contributed by atoms with van der Waals surface area (Å²) in [4.78, 5) is 13.4. The SMILES string of the molecule is Cc1ccc(C(=O)Nc2cc(C(C)(C)C)nn2Cc2ccccc2)cc1S(=O)(=O)N1CCOCC1. The first-order valence-corrected chi connectivity index (χ1v) is 13.1. The van der Waals surface area contributed by atoms with Crippen LogP contribution in [-0.2, 0) is 26.7 Å². The first-order chi connectivity index (χ1) is 16.6. The smallest absolute Gasteiger partial charge is 0.256 e. The number of carbonyl (C=O) groups excluding carboxylic acids is 1. The van der Waals surface area contributed by atoms with E-state index in [1.54, 1.807) is 23.7 Å². The molecule has 0 spiro atoms. The summed E-state index contributed by atoms with van der Waals surface area (Å²) in [5, 5.41) is 7.69. The van der Waals surface area contributed by atoms with Crippen molar-refractivity contribution in [2.24, 2.45) is 0 Å². The number of hydrogen-bond donors (Lipinski definition) is 1. The van der Waals surface area contributed by atoms with Crippen molar-refractivity contribution in [1.82, 2.24) is 14.1 Å². The van der Waals surface area contributed by atoms with E-state index < -0.39 is 15.9 Å². The van der Waals surface area contributed by atoms with Crippen LogP contribution in [0.25, 0.3) is 0 Å². The number of morpholine rings is 1. The number of sulfonamides is 1. The summed E-state index contributed by atoms with van der Waals surface area (Å²) in [5.74, 6) is 0.167. The van der Waals surface area contributed by atoms with Crippen LogP contribution in [0.15, 0.2) is 59.5 Å². The molecule has 9 heteroatoms. The van der Waals surface area contributed by atoms with Gasteiger partial charge in [0, 0.05) is 30.1 Å². The summed E-state index contributed by atoms with van der Waals surface area (Å²) in [6.45, 7) is 9.75. The van der Waals surface area contributed by atoms with Gasteiger partial charge in [0.15, 0.2) is 0 Å². The quantitative estimate of drug-likeness (QED) is 0.560. The lowest BCUT2D eigenvalue weighted by Gasteiger charge is -2.26. The van der Waals surface area contributed by atoms with Gasteiger partial charge in [-0.1, -0.05) is 57.2 Å². The van der Waals surface area contributed by atoms with Crippen molar-refractivity contribution in [3.63, 3.8) is 0 Å². The minimum atomic E-state index is -3.73. The van der Waals surface area contributed by atoms with Crippen LogP contribution < -0.4 is 5.32 Å². The fraction of sp³-hybridized carbons (Fsp3) is 0.385. The van der Waals surface area contributed by atoms with Crippen LogP contribution in [0.1, 0.15) is 48.0 Å². The van der Waals surface area contributed by atoms with Crippen molar-refractivity contribution < 1.29 is 17.9 Å². The Kier molecular flexibility index (Phi) is 7.12. The molecule has 1 amide bonds. The second-order valence-electron chi connectivity index (χ2n) is 9.76. The van der Waals surface area contributed by atoms with E-state index in [0.717, 1.165) is 11.3 Å². The second-order valence-corrected chi connectivity index (χ2v) is 11.7. The highest BCUT2D eigenvalue weighted by Crippen LogP contribution is 2.26. The van der Waals surface area contributed by atoms with Gasteiger partial charge in [-0.2, -0.15) is 9.40 Å². The van der Waals surface area contributed by atoms with Crippen LogP contribution in [0.4, 0.5) is 5.82 Å². The van der Waals surface area contributed by atoms with Crippen molar-refractivity contribution in [3.05, 3.63) is 77.0 Å². The van der Waals surface area contributed by atoms with Crippen molar-refractivity contribution in [3.8, 4) is 0 Å². The molecular formula is C26H32N4O4S. The molecule has 0 atom stereocenters. The predicted octanol–water partition coefficient (Wildman–Crippen LogP) is 3.81. The third-order valence-corrected chi connectivity index (χ3v) is 8.04. The Labute approximate surface area is 207 Å². The molecule has 0 bridgehead atoms.